The first-order valence-electron chi connectivity index (χ1n) is 4.01. The molecule has 0 saturated carbocycles. The molecule has 0 unspecified atom stereocenters. The van der Waals surface area contributed by atoms with Gasteiger partial charge in [-0.25, -0.2) is 10.8 Å². The number of hydrazine groups is 1. The first-order valence-corrected chi connectivity index (χ1v) is 4.01. The van der Waals surface area contributed by atoms with Gasteiger partial charge in [0, 0.05) is 18.6 Å². The number of nitrogens with zero attached hydrogens (tertiary/aromatic N) is 3. The summed E-state index contributed by atoms with van der Waals surface area (Å²) in [5.41, 5.74) is 6.48. The summed E-state index contributed by atoms with van der Waals surface area (Å²) in [5.74, 6) is 5.56. The molecule has 0 aliphatic rings. The van der Waals surface area contributed by atoms with Crippen LogP contribution in [0.15, 0.2) is 30.7 Å². The van der Waals surface area contributed by atoms with Crippen LogP contribution in [0.5, 0.6) is 0 Å². The maximum atomic E-state index is 8.52. The molecule has 0 bridgehead atoms. The zero-order valence-corrected chi connectivity index (χ0v) is 7.59. The van der Waals surface area contributed by atoms with E-state index in [1.54, 1.807) is 24.5 Å². The quantitative estimate of drug-likeness (QED) is 0.518. The van der Waals surface area contributed by atoms with Crippen molar-refractivity contribution in [1.82, 2.24) is 9.99 Å². The van der Waals surface area contributed by atoms with Crippen molar-refractivity contribution < 1.29 is 0 Å². The second-order valence-corrected chi connectivity index (χ2v) is 2.68. The third kappa shape index (κ3) is 2.77. The van der Waals surface area contributed by atoms with Crippen LogP contribution in [0.25, 0.3) is 0 Å². The molecule has 0 aromatic carbocycles. The Hall–Kier alpha value is -2.06. The number of nitriles is 1. The molecule has 0 amide bonds. The van der Waals surface area contributed by atoms with E-state index in [1.165, 1.54) is 11.2 Å². The predicted octanol–water partition coefficient (Wildman–Crippen LogP) is 0.0589. The van der Waals surface area contributed by atoms with Gasteiger partial charge in [0.2, 0.25) is 0 Å². The maximum absolute atomic E-state index is 8.52. The van der Waals surface area contributed by atoms with Crippen LogP contribution in [0, 0.1) is 11.3 Å². The Balaban J connectivity index is 2.65. The Bertz CT molecular complexity index is 348. The zero-order chi connectivity index (χ0) is 10.4. The minimum absolute atomic E-state index is 0.395. The summed E-state index contributed by atoms with van der Waals surface area (Å²) < 4.78 is 0. The van der Waals surface area contributed by atoms with Crippen molar-refractivity contribution in [3.8, 4) is 6.07 Å². The van der Waals surface area contributed by atoms with Gasteiger partial charge in [-0.05, 0) is 11.6 Å². The lowest BCUT2D eigenvalue weighted by molar-refractivity contribution is 0.385. The van der Waals surface area contributed by atoms with E-state index in [0.717, 1.165) is 5.56 Å². The molecule has 0 fully saturated rings. The van der Waals surface area contributed by atoms with Gasteiger partial charge < -0.3 is 10.7 Å². The van der Waals surface area contributed by atoms with Gasteiger partial charge in [0.1, 0.15) is 11.8 Å². The van der Waals surface area contributed by atoms with E-state index in [4.69, 9.17) is 16.8 Å². The molecule has 0 aliphatic carbocycles. The van der Waals surface area contributed by atoms with Crippen molar-refractivity contribution >= 4 is 0 Å². The minimum Gasteiger partial charge on any atom is -0.403 e. The zero-order valence-electron chi connectivity index (χ0n) is 7.59. The first-order chi connectivity index (χ1) is 6.76. The number of pyridine rings is 1. The van der Waals surface area contributed by atoms with Crippen molar-refractivity contribution in [2.24, 2.45) is 11.6 Å². The van der Waals surface area contributed by atoms with E-state index in [2.05, 4.69) is 4.98 Å². The Morgan fingerprint density at radius 1 is 1.57 bits per heavy atom. The van der Waals surface area contributed by atoms with Gasteiger partial charge in [-0.1, -0.05) is 6.07 Å². The number of nitrogens with two attached hydrogens (primary N) is 2. The topological polar surface area (TPSA) is 92.0 Å². The van der Waals surface area contributed by atoms with Crippen LogP contribution in [-0.2, 0) is 6.54 Å². The lowest BCUT2D eigenvalue weighted by Gasteiger charge is -2.12. The second kappa shape index (κ2) is 4.84. The van der Waals surface area contributed by atoms with Gasteiger partial charge in [0.05, 0.1) is 6.54 Å². The summed E-state index contributed by atoms with van der Waals surface area (Å²) in [4.78, 5) is 3.91. The van der Waals surface area contributed by atoms with E-state index >= 15 is 0 Å². The molecule has 1 aromatic heterocycles. The van der Waals surface area contributed by atoms with Gasteiger partial charge in [-0.15, -0.1) is 0 Å². The van der Waals surface area contributed by atoms with Gasteiger partial charge in [-0.3, -0.25) is 0 Å². The van der Waals surface area contributed by atoms with Crippen molar-refractivity contribution in [3.63, 3.8) is 0 Å². The maximum Gasteiger partial charge on any atom is 0.140 e. The first kappa shape index (κ1) is 10.0. The summed E-state index contributed by atoms with van der Waals surface area (Å²) in [6.45, 7) is 0.506. The highest BCUT2D eigenvalue weighted by atomic mass is 15.4. The fourth-order valence-corrected chi connectivity index (χ4v) is 0.958. The third-order valence-corrected chi connectivity index (χ3v) is 1.58. The molecule has 4 N–H and O–H groups in total. The molecule has 0 spiro atoms. The van der Waals surface area contributed by atoms with Crippen LogP contribution >= 0.6 is 0 Å². The highest BCUT2D eigenvalue weighted by molar-refractivity contribution is 5.23. The summed E-state index contributed by atoms with van der Waals surface area (Å²) >= 11 is 0. The van der Waals surface area contributed by atoms with E-state index < -0.39 is 0 Å². The Morgan fingerprint density at radius 3 is 2.86 bits per heavy atom. The molecule has 1 rings (SSSR count). The fraction of sp³-hybridized carbons (Fsp3) is 0.111. The Morgan fingerprint density at radius 2 is 2.36 bits per heavy atom. The van der Waals surface area contributed by atoms with E-state index in [-0.39, 0.29) is 0 Å². The highest BCUT2D eigenvalue weighted by Gasteiger charge is 1.97. The lowest BCUT2D eigenvalue weighted by atomic mass is 10.2. The molecular formula is C9H11N5. The van der Waals surface area contributed by atoms with Crippen LogP contribution in [0.4, 0.5) is 0 Å². The molecule has 1 aromatic rings. The molecule has 5 nitrogen and oxygen atoms in total. The smallest absolute Gasteiger partial charge is 0.140 e. The molecule has 0 saturated heterocycles. The predicted molar refractivity (Wildman–Crippen MR) is 52.0 cm³/mol. The second-order valence-electron chi connectivity index (χ2n) is 2.68. The van der Waals surface area contributed by atoms with Crippen LogP contribution in [-0.4, -0.2) is 9.99 Å². The average molecular weight is 189 g/mol. The summed E-state index contributed by atoms with van der Waals surface area (Å²) in [7, 11) is 0. The van der Waals surface area contributed by atoms with Gasteiger partial charge in [0.15, 0.2) is 0 Å². The van der Waals surface area contributed by atoms with Crippen LogP contribution in [0.3, 0.4) is 0 Å². The summed E-state index contributed by atoms with van der Waals surface area (Å²) in [5, 5.41) is 9.95. The SMILES string of the molecule is N#Cc1ccc(CN(N)/C=C\N)cn1. The van der Waals surface area contributed by atoms with Crippen molar-refractivity contribution in [1.29, 1.82) is 5.26 Å². The fourth-order valence-electron chi connectivity index (χ4n) is 0.958. The minimum atomic E-state index is 0.395. The van der Waals surface area contributed by atoms with Crippen LogP contribution in [0.1, 0.15) is 11.3 Å². The van der Waals surface area contributed by atoms with E-state index in [9.17, 15) is 0 Å². The van der Waals surface area contributed by atoms with Crippen LogP contribution in [0.2, 0.25) is 0 Å². The molecule has 0 atom stereocenters. The summed E-state index contributed by atoms with van der Waals surface area (Å²) in [6.07, 6.45) is 4.53. The van der Waals surface area contributed by atoms with Gasteiger partial charge >= 0.3 is 0 Å². The monoisotopic (exact) mass is 189 g/mol. The number of hydrogen-bond acceptors (Lipinski definition) is 5. The van der Waals surface area contributed by atoms with Crippen molar-refractivity contribution in [3.05, 3.63) is 42.0 Å². The van der Waals surface area contributed by atoms with Gasteiger partial charge in [-0.2, -0.15) is 5.26 Å². The van der Waals surface area contributed by atoms with Gasteiger partial charge in [0.25, 0.3) is 0 Å². The molecule has 14 heavy (non-hydrogen) atoms. The third-order valence-electron chi connectivity index (χ3n) is 1.58. The number of hydrogen-bond donors (Lipinski definition) is 2. The number of aromatic nitrogens is 1. The summed E-state index contributed by atoms with van der Waals surface area (Å²) in [6, 6.07) is 5.39. The molecule has 1 heterocycles. The lowest BCUT2D eigenvalue weighted by Crippen LogP contribution is -2.24. The molecule has 5 heteroatoms. The number of rotatable bonds is 3. The normalized spacial score (nSPS) is 10.0. The molecule has 0 aliphatic heterocycles. The molecular weight excluding hydrogens is 178 g/mol. The molecule has 0 radical (unpaired) electrons. The largest absolute Gasteiger partial charge is 0.403 e. The highest BCUT2D eigenvalue weighted by Crippen LogP contribution is 2.01. The van der Waals surface area contributed by atoms with Crippen LogP contribution < -0.4 is 11.6 Å². The Labute approximate surface area is 82.2 Å². The standard InChI is InChI=1S/C9H11N5/c10-3-4-14(12)7-8-1-2-9(5-11)13-6-8/h1-4,6H,7,10,12H2/b4-3-. The Kier molecular flexibility index (Phi) is 3.47. The van der Waals surface area contributed by atoms with E-state index in [0.29, 0.717) is 12.2 Å². The van der Waals surface area contributed by atoms with Crippen molar-refractivity contribution in [2.75, 3.05) is 0 Å². The van der Waals surface area contributed by atoms with Crippen molar-refractivity contribution in [2.45, 2.75) is 6.54 Å². The van der Waals surface area contributed by atoms with E-state index in [1.807, 2.05) is 6.07 Å². The average Bonchev–Trinajstić information content (AvgIpc) is 2.19. The molecule has 72 valence electrons.